The molecule has 0 spiro atoms. The smallest absolute Gasteiger partial charge is 0.255 e. The van der Waals surface area contributed by atoms with Gasteiger partial charge in [0.25, 0.3) is 5.91 Å². The van der Waals surface area contributed by atoms with E-state index in [0.717, 1.165) is 5.56 Å². The van der Waals surface area contributed by atoms with Crippen molar-refractivity contribution in [2.45, 2.75) is 11.8 Å². The van der Waals surface area contributed by atoms with E-state index >= 15 is 0 Å². The number of rotatable bonds is 6. The van der Waals surface area contributed by atoms with E-state index in [9.17, 15) is 17.6 Å². The highest BCUT2D eigenvalue weighted by atomic mass is 32.2. The van der Waals surface area contributed by atoms with Crippen LogP contribution in [0.15, 0.2) is 58.5 Å². The van der Waals surface area contributed by atoms with Gasteiger partial charge in [0.15, 0.2) is 0 Å². The summed E-state index contributed by atoms with van der Waals surface area (Å²) in [5.41, 5.74) is 3.56. The summed E-state index contributed by atoms with van der Waals surface area (Å²) >= 11 is 0. The number of hydrogen-bond donors (Lipinski definition) is 2. The Bertz CT molecular complexity index is 849. The van der Waals surface area contributed by atoms with Crippen molar-refractivity contribution in [3.63, 3.8) is 0 Å². The third-order valence-electron chi connectivity index (χ3n) is 3.01. The normalized spacial score (nSPS) is 11.6. The molecular formula is C16H16FN3O3S. The Labute approximate surface area is 139 Å². The molecule has 0 aliphatic rings. The van der Waals surface area contributed by atoms with Crippen molar-refractivity contribution >= 4 is 22.1 Å². The van der Waals surface area contributed by atoms with E-state index in [1.165, 1.54) is 36.5 Å². The van der Waals surface area contributed by atoms with Crippen molar-refractivity contribution < 1.29 is 17.6 Å². The summed E-state index contributed by atoms with van der Waals surface area (Å²) in [7, 11) is -3.77. The molecule has 0 aliphatic carbocycles. The van der Waals surface area contributed by atoms with Crippen LogP contribution in [-0.4, -0.2) is 27.1 Å². The van der Waals surface area contributed by atoms with Crippen molar-refractivity contribution in [3.8, 4) is 0 Å². The summed E-state index contributed by atoms with van der Waals surface area (Å²) < 4.78 is 39.2. The maximum absolute atomic E-state index is 13.0. The zero-order chi connectivity index (χ0) is 17.6. The lowest BCUT2D eigenvalue weighted by Gasteiger charge is -2.06. The van der Waals surface area contributed by atoms with Crippen LogP contribution in [-0.2, 0) is 14.8 Å². The van der Waals surface area contributed by atoms with Gasteiger partial charge in [-0.15, -0.1) is 0 Å². The van der Waals surface area contributed by atoms with Gasteiger partial charge in [0.1, 0.15) is 5.82 Å². The highest BCUT2D eigenvalue weighted by Crippen LogP contribution is 2.09. The van der Waals surface area contributed by atoms with E-state index in [4.69, 9.17) is 0 Å². The average molecular weight is 349 g/mol. The fraction of sp³-hybridized carbons (Fsp3) is 0.125. The number of aryl methyl sites for hydroxylation is 1. The fourth-order valence-electron chi connectivity index (χ4n) is 1.77. The number of nitrogens with zero attached hydrogens (tertiary/aromatic N) is 1. The van der Waals surface area contributed by atoms with Gasteiger partial charge >= 0.3 is 0 Å². The fourth-order valence-corrected chi connectivity index (χ4v) is 2.75. The molecule has 6 nitrogen and oxygen atoms in total. The van der Waals surface area contributed by atoms with Crippen LogP contribution in [0.1, 0.15) is 11.1 Å². The van der Waals surface area contributed by atoms with Crippen LogP contribution in [0.3, 0.4) is 0 Å². The SMILES string of the molecule is Cc1ccc(S(=O)(=O)NCC(=O)NN=Cc2cccc(F)c2)cc1. The molecule has 0 fully saturated rings. The molecule has 24 heavy (non-hydrogen) atoms. The first kappa shape index (κ1) is 17.8. The van der Waals surface area contributed by atoms with Gasteiger partial charge in [-0.25, -0.2) is 23.0 Å². The van der Waals surface area contributed by atoms with Crippen molar-refractivity contribution in [3.05, 3.63) is 65.5 Å². The molecule has 0 aromatic heterocycles. The maximum atomic E-state index is 13.0. The van der Waals surface area contributed by atoms with Crippen LogP contribution in [0.5, 0.6) is 0 Å². The Balaban J connectivity index is 1.87. The highest BCUT2D eigenvalue weighted by molar-refractivity contribution is 7.89. The molecule has 0 aliphatic heterocycles. The number of hydrazone groups is 1. The van der Waals surface area contributed by atoms with Crippen LogP contribution >= 0.6 is 0 Å². The zero-order valence-corrected chi connectivity index (χ0v) is 13.7. The Morgan fingerprint density at radius 1 is 1.21 bits per heavy atom. The first-order chi connectivity index (χ1) is 11.4. The lowest BCUT2D eigenvalue weighted by atomic mass is 10.2. The zero-order valence-electron chi connectivity index (χ0n) is 12.9. The van der Waals surface area contributed by atoms with Gasteiger partial charge in [-0.1, -0.05) is 29.8 Å². The Hall–Kier alpha value is -2.58. The van der Waals surface area contributed by atoms with Gasteiger partial charge in [0.05, 0.1) is 17.7 Å². The monoisotopic (exact) mass is 349 g/mol. The molecule has 0 saturated carbocycles. The molecule has 8 heteroatoms. The summed E-state index contributed by atoms with van der Waals surface area (Å²) in [6.45, 7) is 1.38. The molecule has 0 saturated heterocycles. The molecule has 1 amide bonds. The summed E-state index contributed by atoms with van der Waals surface area (Å²) in [6.07, 6.45) is 1.26. The molecule has 0 atom stereocenters. The maximum Gasteiger partial charge on any atom is 0.255 e. The second-order valence-electron chi connectivity index (χ2n) is 4.99. The molecule has 2 N–H and O–H groups in total. The topological polar surface area (TPSA) is 87.6 Å². The minimum Gasteiger partial charge on any atom is -0.272 e. The Morgan fingerprint density at radius 2 is 1.92 bits per heavy atom. The number of nitrogens with one attached hydrogen (secondary N) is 2. The van der Waals surface area contributed by atoms with Crippen LogP contribution in [0.4, 0.5) is 4.39 Å². The molecular weight excluding hydrogens is 333 g/mol. The molecule has 2 rings (SSSR count). The van der Waals surface area contributed by atoms with E-state index in [1.807, 2.05) is 6.92 Å². The van der Waals surface area contributed by atoms with Crippen LogP contribution in [0.2, 0.25) is 0 Å². The predicted molar refractivity (Wildman–Crippen MR) is 88.5 cm³/mol. The molecule has 0 radical (unpaired) electrons. The first-order valence-electron chi connectivity index (χ1n) is 7.01. The lowest BCUT2D eigenvalue weighted by molar-refractivity contribution is -0.119. The average Bonchev–Trinajstić information content (AvgIpc) is 2.54. The number of hydrogen-bond acceptors (Lipinski definition) is 4. The molecule has 0 bridgehead atoms. The van der Waals surface area contributed by atoms with Crippen LogP contribution < -0.4 is 10.1 Å². The van der Waals surface area contributed by atoms with E-state index in [0.29, 0.717) is 5.56 Å². The number of amides is 1. The summed E-state index contributed by atoms with van der Waals surface area (Å²) in [5, 5.41) is 3.64. The second-order valence-corrected chi connectivity index (χ2v) is 6.75. The Kier molecular flexibility index (Phi) is 5.78. The molecule has 126 valence electrons. The minimum atomic E-state index is -3.77. The van der Waals surface area contributed by atoms with E-state index in [2.05, 4.69) is 15.2 Å². The highest BCUT2D eigenvalue weighted by Gasteiger charge is 2.14. The lowest BCUT2D eigenvalue weighted by Crippen LogP contribution is -2.34. The number of halogens is 1. The molecule has 2 aromatic carbocycles. The van der Waals surface area contributed by atoms with Crippen LogP contribution in [0, 0.1) is 12.7 Å². The number of carbonyl (C=O) groups excluding carboxylic acids is 1. The standard InChI is InChI=1S/C16H16FN3O3S/c1-12-5-7-15(8-6-12)24(22,23)19-11-16(21)20-18-10-13-3-2-4-14(17)9-13/h2-10,19H,11H2,1H3,(H,20,21). The van der Waals surface area contributed by atoms with Crippen LogP contribution in [0.25, 0.3) is 0 Å². The largest absolute Gasteiger partial charge is 0.272 e. The number of sulfonamides is 1. The molecule has 2 aromatic rings. The quantitative estimate of drug-likeness (QED) is 0.613. The Morgan fingerprint density at radius 3 is 2.58 bits per heavy atom. The number of carbonyl (C=O) groups is 1. The van der Waals surface area contributed by atoms with Gasteiger partial charge in [-0.05, 0) is 36.8 Å². The van der Waals surface area contributed by atoms with E-state index in [-0.39, 0.29) is 4.90 Å². The van der Waals surface area contributed by atoms with Gasteiger partial charge in [-0.3, -0.25) is 4.79 Å². The second kappa shape index (κ2) is 7.80. The van der Waals surface area contributed by atoms with Crippen molar-refractivity contribution in [1.29, 1.82) is 0 Å². The first-order valence-corrected chi connectivity index (χ1v) is 8.49. The molecule has 0 unspecified atom stereocenters. The van der Waals surface area contributed by atoms with Gasteiger partial charge in [0, 0.05) is 0 Å². The van der Waals surface area contributed by atoms with Crippen molar-refractivity contribution in [2.75, 3.05) is 6.54 Å². The van der Waals surface area contributed by atoms with Crippen molar-refractivity contribution in [1.82, 2.24) is 10.1 Å². The summed E-state index contributed by atoms with van der Waals surface area (Å²) in [5.74, 6) is -1.06. The number of benzene rings is 2. The van der Waals surface area contributed by atoms with Crippen molar-refractivity contribution in [2.24, 2.45) is 5.10 Å². The van der Waals surface area contributed by atoms with Gasteiger partial charge in [-0.2, -0.15) is 5.10 Å². The third-order valence-corrected chi connectivity index (χ3v) is 4.42. The summed E-state index contributed by atoms with van der Waals surface area (Å²) in [4.78, 5) is 11.7. The van der Waals surface area contributed by atoms with Gasteiger partial charge < -0.3 is 0 Å². The van der Waals surface area contributed by atoms with Gasteiger partial charge in [0.2, 0.25) is 10.0 Å². The predicted octanol–water partition coefficient (Wildman–Crippen LogP) is 1.56. The minimum absolute atomic E-state index is 0.0733. The molecule has 0 heterocycles. The van der Waals surface area contributed by atoms with E-state index in [1.54, 1.807) is 18.2 Å². The summed E-state index contributed by atoms with van der Waals surface area (Å²) in [6, 6.07) is 11.9. The third kappa shape index (κ3) is 5.25. The van der Waals surface area contributed by atoms with E-state index < -0.39 is 28.3 Å².